The quantitative estimate of drug-likeness (QED) is 0.487. The summed E-state index contributed by atoms with van der Waals surface area (Å²) in [6.45, 7) is 4.30. The molecule has 0 radical (unpaired) electrons. The highest BCUT2D eigenvalue weighted by Crippen LogP contribution is 2.50. The first kappa shape index (κ1) is 14.1. The zero-order valence-electron chi connectivity index (χ0n) is 11.0. The molecule has 1 aliphatic heterocycles. The molecule has 1 aliphatic rings. The summed E-state index contributed by atoms with van der Waals surface area (Å²) in [5.74, 6) is 0. The first-order valence-electron chi connectivity index (χ1n) is 5.99. The summed E-state index contributed by atoms with van der Waals surface area (Å²) in [6.07, 6.45) is 4.42. The molecule has 0 bridgehead atoms. The second-order valence-electron chi connectivity index (χ2n) is 4.18. The van der Waals surface area contributed by atoms with Gasteiger partial charge < -0.3 is 18.0 Å². The Kier molecular flexibility index (Phi) is 4.94. The largest absolute Gasteiger partial charge is 0.536 e. The van der Waals surface area contributed by atoms with E-state index in [-0.39, 0.29) is 11.3 Å². The first-order chi connectivity index (χ1) is 7.66. The smallest absolute Gasteiger partial charge is 0.375 e. The average Bonchev–Trinajstić information content (AvgIpc) is 3.05. The minimum atomic E-state index is -2.68. The summed E-state index contributed by atoms with van der Waals surface area (Å²) >= 11 is 0. The number of rotatable bonds is 8. The Labute approximate surface area is 99.6 Å². The molecule has 1 heterocycles. The van der Waals surface area contributed by atoms with Crippen LogP contribution in [0.5, 0.6) is 0 Å². The van der Waals surface area contributed by atoms with Crippen LogP contribution in [0.25, 0.3) is 0 Å². The van der Waals surface area contributed by atoms with Crippen molar-refractivity contribution < 1.29 is 18.0 Å². The predicted octanol–water partition coefficient (Wildman–Crippen LogP) is 2.14. The molecule has 16 heavy (non-hydrogen) atoms. The number of unbranched alkanes of at least 4 members (excludes halogenated alkanes) is 1. The molecule has 2 atom stereocenters. The van der Waals surface area contributed by atoms with E-state index >= 15 is 0 Å². The maximum absolute atomic E-state index is 5.88. The summed E-state index contributed by atoms with van der Waals surface area (Å²) in [5, 5.41) is -0.296. The highest BCUT2D eigenvalue weighted by Gasteiger charge is 2.74. The second kappa shape index (κ2) is 5.60. The average molecular weight is 248 g/mol. The highest BCUT2D eigenvalue weighted by molar-refractivity contribution is 6.65. The summed E-state index contributed by atoms with van der Waals surface area (Å²) in [7, 11) is 2.28. The number of epoxide rings is 1. The van der Waals surface area contributed by atoms with Gasteiger partial charge in [0.15, 0.2) is 5.22 Å². The summed E-state index contributed by atoms with van der Waals surface area (Å²) in [5.41, 5.74) is 0. The van der Waals surface area contributed by atoms with Crippen LogP contribution >= 0.6 is 0 Å². The van der Waals surface area contributed by atoms with Gasteiger partial charge in [-0.3, -0.25) is 0 Å². The van der Waals surface area contributed by atoms with Gasteiger partial charge in [0.25, 0.3) is 0 Å². The summed E-state index contributed by atoms with van der Waals surface area (Å²) in [6, 6.07) is 0. The molecule has 0 aromatic rings. The van der Waals surface area contributed by atoms with Crippen molar-refractivity contribution in [2.45, 2.75) is 50.9 Å². The molecule has 1 rings (SSSR count). The summed E-state index contributed by atoms with van der Waals surface area (Å²) < 4.78 is 22.6. The lowest BCUT2D eigenvalue weighted by Crippen LogP contribution is -2.58. The van der Waals surface area contributed by atoms with Crippen LogP contribution in [0, 0.1) is 0 Å². The van der Waals surface area contributed by atoms with E-state index in [4.69, 9.17) is 18.0 Å². The van der Waals surface area contributed by atoms with Gasteiger partial charge in [0, 0.05) is 21.3 Å². The van der Waals surface area contributed by atoms with Gasteiger partial charge in [-0.25, -0.2) is 0 Å². The Morgan fingerprint density at radius 1 is 1.12 bits per heavy atom. The molecule has 0 amide bonds. The molecule has 2 unspecified atom stereocenters. The van der Waals surface area contributed by atoms with Crippen LogP contribution in [0.1, 0.15) is 39.5 Å². The van der Waals surface area contributed by atoms with E-state index in [9.17, 15) is 0 Å². The third-order valence-corrected chi connectivity index (χ3v) is 6.75. The fourth-order valence-electron chi connectivity index (χ4n) is 2.48. The van der Waals surface area contributed by atoms with E-state index in [0.717, 1.165) is 25.7 Å². The Balaban J connectivity index is 2.83. The molecule has 4 nitrogen and oxygen atoms in total. The van der Waals surface area contributed by atoms with Gasteiger partial charge in [0.1, 0.15) is 0 Å². The van der Waals surface area contributed by atoms with Crippen molar-refractivity contribution >= 4 is 8.80 Å². The molecule has 0 aromatic heterocycles. The number of ether oxygens (including phenoxy) is 1. The van der Waals surface area contributed by atoms with Crippen LogP contribution in [-0.2, 0) is 18.0 Å². The van der Waals surface area contributed by atoms with Crippen LogP contribution in [0.3, 0.4) is 0 Å². The van der Waals surface area contributed by atoms with Crippen LogP contribution in [0.2, 0.25) is 0 Å². The third-order valence-electron chi connectivity index (χ3n) is 3.41. The fraction of sp³-hybridized carbons (Fsp3) is 1.00. The summed E-state index contributed by atoms with van der Waals surface area (Å²) in [4.78, 5) is 0. The second-order valence-corrected chi connectivity index (χ2v) is 7.36. The van der Waals surface area contributed by atoms with Gasteiger partial charge in [0.2, 0.25) is 0 Å². The zero-order chi connectivity index (χ0) is 12.2. The topological polar surface area (TPSA) is 40.2 Å². The highest BCUT2D eigenvalue weighted by atomic mass is 28.4. The van der Waals surface area contributed by atoms with Crippen molar-refractivity contribution in [1.82, 2.24) is 0 Å². The first-order valence-corrected chi connectivity index (χ1v) is 7.72. The van der Waals surface area contributed by atoms with Gasteiger partial charge in [0.05, 0.1) is 6.10 Å². The van der Waals surface area contributed by atoms with E-state index in [0.29, 0.717) is 0 Å². The van der Waals surface area contributed by atoms with Crippen molar-refractivity contribution in [1.29, 1.82) is 0 Å². The van der Waals surface area contributed by atoms with Crippen LogP contribution in [0.15, 0.2) is 0 Å². The predicted molar refractivity (Wildman–Crippen MR) is 64.2 cm³/mol. The standard InChI is InChI=1S/C11H24O4Si/c1-6-8-9-11(10(7-2)15-11)16(12-3,13-4)14-5/h10H,6-9H2,1-5H3. The minimum absolute atomic E-state index is 0.227. The molecule has 0 aromatic carbocycles. The molecule has 5 heteroatoms. The third kappa shape index (κ3) is 2.07. The van der Waals surface area contributed by atoms with Crippen LogP contribution in [-0.4, -0.2) is 41.5 Å². The SMILES string of the molecule is CCCCC1([Si](OC)(OC)OC)OC1CC. The molecule has 1 saturated heterocycles. The lowest BCUT2D eigenvalue weighted by Gasteiger charge is -2.30. The Morgan fingerprint density at radius 3 is 2.00 bits per heavy atom. The zero-order valence-corrected chi connectivity index (χ0v) is 12.0. The molecule has 0 spiro atoms. The molecule has 96 valence electrons. The molecule has 0 N–H and O–H groups in total. The van der Waals surface area contributed by atoms with E-state index in [1.807, 2.05) is 0 Å². The lowest BCUT2D eigenvalue weighted by atomic mass is 10.1. The molecule has 1 fully saturated rings. The van der Waals surface area contributed by atoms with Crippen molar-refractivity contribution in [3.63, 3.8) is 0 Å². The van der Waals surface area contributed by atoms with E-state index in [1.54, 1.807) is 21.3 Å². The fourth-order valence-corrected chi connectivity index (χ4v) is 5.39. The maximum atomic E-state index is 5.88. The monoisotopic (exact) mass is 248 g/mol. The Hall–Kier alpha value is 0.0569. The van der Waals surface area contributed by atoms with Crippen LogP contribution in [0.4, 0.5) is 0 Å². The van der Waals surface area contributed by atoms with Gasteiger partial charge in [-0.2, -0.15) is 0 Å². The normalized spacial score (nSPS) is 29.4. The number of hydrogen-bond donors (Lipinski definition) is 0. The number of hydrogen-bond acceptors (Lipinski definition) is 4. The van der Waals surface area contributed by atoms with Crippen molar-refractivity contribution in [3.8, 4) is 0 Å². The molecule has 0 aliphatic carbocycles. The Bertz CT molecular complexity index is 212. The minimum Gasteiger partial charge on any atom is -0.375 e. The van der Waals surface area contributed by atoms with Gasteiger partial charge in [-0.15, -0.1) is 0 Å². The Morgan fingerprint density at radius 2 is 1.69 bits per heavy atom. The van der Waals surface area contributed by atoms with Crippen molar-refractivity contribution in [2.24, 2.45) is 0 Å². The molecule has 0 saturated carbocycles. The van der Waals surface area contributed by atoms with E-state index < -0.39 is 8.80 Å². The van der Waals surface area contributed by atoms with E-state index in [1.165, 1.54) is 0 Å². The van der Waals surface area contributed by atoms with Crippen LogP contribution < -0.4 is 0 Å². The molecular formula is C11H24O4Si. The van der Waals surface area contributed by atoms with Gasteiger partial charge >= 0.3 is 8.80 Å². The van der Waals surface area contributed by atoms with Crippen molar-refractivity contribution in [2.75, 3.05) is 21.3 Å². The van der Waals surface area contributed by atoms with Gasteiger partial charge in [-0.1, -0.05) is 26.7 Å². The van der Waals surface area contributed by atoms with E-state index in [2.05, 4.69) is 13.8 Å². The lowest BCUT2D eigenvalue weighted by molar-refractivity contribution is 0.0839. The van der Waals surface area contributed by atoms with Crippen molar-refractivity contribution in [3.05, 3.63) is 0 Å². The van der Waals surface area contributed by atoms with Gasteiger partial charge in [-0.05, 0) is 12.8 Å². The maximum Gasteiger partial charge on any atom is 0.536 e. The molecular weight excluding hydrogens is 224 g/mol.